The van der Waals surface area contributed by atoms with E-state index in [4.69, 9.17) is 4.98 Å². The molecule has 0 spiro atoms. The van der Waals surface area contributed by atoms with Gasteiger partial charge in [0.25, 0.3) is 5.91 Å². The lowest BCUT2D eigenvalue weighted by molar-refractivity contribution is 0.102. The monoisotopic (exact) mass is 409 g/mol. The number of pyridine rings is 1. The third-order valence-corrected chi connectivity index (χ3v) is 4.94. The highest BCUT2D eigenvalue weighted by Crippen LogP contribution is 2.25. The molecule has 5 aromatic rings. The standard InChI is InChI=1S/C23H19N7O/c1-2-29-22-19(14-24-29)18(13-20(26-22)16-9-5-3-6-10-16)23(31)27-21-15-25-30(28-21)17-11-7-4-8-12-17/h3-15H,2H2,1H3,(H,27,28,31). The predicted molar refractivity (Wildman–Crippen MR) is 118 cm³/mol. The Labute approximate surface area is 178 Å². The highest BCUT2D eigenvalue weighted by molar-refractivity contribution is 6.12. The Morgan fingerprint density at radius 1 is 0.968 bits per heavy atom. The molecule has 152 valence electrons. The van der Waals surface area contributed by atoms with E-state index in [9.17, 15) is 4.79 Å². The molecule has 0 bridgehead atoms. The largest absolute Gasteiger partial charge is 0.304 e. The van der Waals surface area contributed by atoms with Crippen LogP contribution >= 0.6 is 0 Å². The van der Waals surface area contributed by atoms with Gasteiger partial charge in [0.15, 0.2) is 11.5 Å². The fourth-order valence-corrected chi connectivity index (χ4v) is 3.41. The van der Waals surface area contributed by atoms with E-state index < -0.39 is 0 Å². The number of anilines is 1. The fourth-order valence-electron chi connectivity index (χ4n) is 3.41. The lowest BCUT2D eigenvalue weighted by Crippen LogP contribution is -2.14. The van der Waals surface area contributed by atoms with Gasteiger partial charge < -0.3 is 5.32 Å². The molecule has 0 fully saturated rings. The molecule has 8 nitrogen and oxygen atoms in total. The number of amides is 1. The van der Waals surface area contributed by atoms with Gasteiger partial charge in [0.2, 0.25) is 0 Å². The van der Waals surface area contributed by atoms with Gasteiger partial charge in [-0.05, 0) is 25.1 Å². The molecule has 3 aromatic heterocycles. The van der Waals surface area contributed by atoms with Crippen molar-refractivity contribution < 1.29 is 4.79 Å². The number of para-hydroxylation sites is 1. The first-order valence-electron chi connectivity index (χ1n) is 9.94. The molecule has 0 radical (unpaired) electrons. The zero-order valence-corrected chi connectivity index (χ0v) is 16.8. The quantitative estimate of drug-likeness (QED) is 0.475. The van der Waals surface area contributed by atoms with Crippen molar-refractivity contribution in [2.75, 3.05) is 5.32 Å². The van der Waals surface area contributed by atoms with E-state index >= 15 is 0 Å². The maximum absolute atomic E-state index is 13.2. The molecule has 0 aliphatic carbocycles. The van der Waals surface area contributed by atoms with Crippen LogP contribution in [0.15, 0.2) is 79.1 Å². The van der Waals surface area contributed by atoms with Gasteiger partial charge in [-0.1, -0.05) is 48.5 Å². The van der Waals surface area contributed by atoms with Crippen LogP contribution in [0.4, 0.5) is 5.82 Å². The normalized spacial score (nSPS) is 11.0. The highest BCUT2D eigenvalue weighted by atomic mass is 16.1. The summed E-state index contributed by atoms with van der Waals surface area (Å²) in [4.78, 5) is 19.4. The van der Waals surface area contributed by atoms with Gasteiger partial charge in [0, 0.05) is 12.1 Å². The fraction of sp³-hybridized carbons (Fsp3) is 0.0870. The molecule has 5 rings (SSSR count). The van der Waals surface area contributed by atoms with Crippen LogP contribution in [0.1, 0.15) is 17.3 Å². The zero-order chi connectivity index (χ0) is 21.2. The lowest BCUT2D eigenvalue weighted by Gasteiger charge is -2.08. The first-order chi connectivity index (χ1) is 15.2. The van der Waals surface area contributed by atoms with E-state index in [2.05, 4.69) is 20.6 Å². The Morgan fingerprint density at radius 3 is 2.45 bits per heavy atom. The number of fused-ring (bicyclic) bond motifs is 1. The van der Waals surface area contributed by atoms with Crippen LogP contribution in [0.25, 0.3) is 28.0 Å². The number of hydrogen-bond donors (Lipinski definition) is 1. The summed E-state index contributed by atoms with van der Waals surface area (Å²) in [7, 11) is 0. The number of hydrogen-bond acceptors (Lipinski definition) is 5. The summed E-state index contributed by atoms with van der Waals surface area (Å²) in [5.41, 5.74) is 3.60. The van der Waals surface area contributed by atoms with Crippen molar-refractivity contribution in [3.8, 4) is 16.9 Å². The minimum absolute atomic E-state index is 0.291. The molecule has 3 heterocycles. The topological polar surface area (TPSA) is 90.5 Å². The Bertz CT molecular complexity index is 1360. The van der Waals surface area contributed by atoms with Gasteiger partial charge in [0.1, 0.15) is 0 Å². The average Bonchev–Trinajstić information content (AvgIpc) is 3.46. The van der Waals surface area contributed by atoms with Gasteiger partial charge in [-0.3, -0.25) is 4.79 Å². The van der Waals surface area contributed by atoms with Crippen LogP contribution in [0.5, 0.6) is 0 Å². The van der Waals surface area contributed by atoms with Crippen LogP contribution in [0.3, 0.4) is 0 Å². The van der Waals surface area contributed by atoms with Crippen LogP contribution in [-0.2, 0) is 6.54 Å². The molecule has 1 N–H and O–H groups in total. The van der Waals surface area contributed by atoms with Crippen LogP contribution in [-0.4, -0.2) is 35.7 Å². The van der Waals surface area contributed by atoms with E-state index in [1.54, 1.807) is 16.9 Å². The van der Waals surface area contributed by atoms with Gasteiger partial charge >= 0.3 is 0 Å². The number of aromatic nitrogens is 6. The Hall–Kier alpha value is -4.33. The number of benzene rings is 2. The van der Waals surface area contributed by atoms with Crippen LogP contribution in [0, 0.1) is 0 Å². The third kappa shape index (κ3) is 3.55. The van der Waals surface area contributed by atoms with Crippen molar-refractivity contribution in [3.05, 3.63) is 84.7 Å². The molecule has 0 atom stereocenters. The number of carbonyl (C=O) groups is 1. The molecule has 31 heavy (non-hydrogen) atoms. The van der Waals surface area contributed by atoms with Crippen molar-refractivity contribution in [2.45, 2.75) is 13.5 Å². The summed E-state index contributed by atoms with van der Waals surface area (Å²) in [6, 6.07) is 21.1. The van der Waals surface area contributed by atoms with Crippen molar-refractivity contribution >= 4 is 22.8 Å². The van der Waals surface area contributed by atoms with Crippen LogP contribution < -0.4 is 5.32 Å². The van der Waals surface area contributed by atoms with Crippen LogP contribution in [0.2, 0.25) is 0 Å². The molecule has 0 aliphatic heterocycles. The van der Waals surface area contributed by atoms with E-state index in [1.165, 1.54) is 11.0 Å². The van der Waals surface area contributed by atoms with E-state index in [0.29, 0.717) is 34.7 Å². The van der Waals surface area contributed by atoms with Crippen molar-refractivity contribution in [3.63, 3.8) is 0 Å². The number of nitrogens with one attached hydrogen (secondary N) is 1. The molecule has 2 aromatic carbocycles. The number of aryl methyl sites for hydroxylation is 1. The molecule has 0 unspecified atom stereocenters. The Balaban J connectivity index is 1.52. The Morgan fingerprint density at radius 2 is 1.71 bits per heavy atom. The smallest absolute Gasteiger partial charge is 0.257 e. The zero-order valence-electron chi connectivity index (χ0n) is 16.8. The van der Waals surface area contributed by atoms with Crippen molar-refractivity contribution in [2.24, 2.45) is 0 Å². The molecule has 0 saturated carbocycles. The van der Waals surface area contributed by atoms with Crippen molar-refractivity contribution in [1.29, 1.82) is 0 Å². The number of carbonyl (C=O) groups excluding carboxylic acids is 1. The summed E-state index contributed by atoms with van der Waals surface area (Å²) >= 11 is 0. The summed E-state index contributed by atoms with van der Waals surface area (Å²) < 4.78 is 1.78. The van der Waals surface area contributed by atoms with E-state index in [0.717, 1.165) is 11.3 Å². The number of nitrogens with zero attached hydrogens (tertiary/aromatic N) is 6. The van der Waals surface area contributed by atoms with E-state index in [1.807, 2.05) is 67.6 Å². The molecule has 0 aliphatic rings. The first-order valence-corrected chi connectivity index (χ1v) is 9.94. The van der Waals surface area contributed by atoms with Gasteiger partial charge in [-0.2, -0.15) is 10.2 Å². The Kier molecular flexibility index (Phi) is 4.72. The van der Waals surface area contributed by atoms with Gasteiger partial charge in [-0.15, -0.1) is 9.90 Å². The third-order valence-electron chi connectivity index (χ3n) is 4.94. The first kappa shape index (κ1) is 18.7. The maximum Gasteiger partial charge on any atom is 0.257 e. The molecular formula is C23H19N7O. The minimum atomic E-state index is -0.291. The van der Waals surface area contributed by atoms with Crippen molar-refractivity contribution in [1.82, 2.24) is 29.8 Å². The molecule has 0 saturated heterocycles. The SMILES string of the molecule is CCn1ncc2c(C(=O)Nc3cnn(-c4ccccc4)n3)cc(-c3ccccc3)nc21. The highest BCUT2D eigenvalue weighted by Gasteiger charge is 2.18. The van der Waals surface area contributed by atoms with Gasteiger partial charge in [0.05, 0.1) is 34.7 Å². The summed E-state index contributed by atoms with van der Waals surface area (Å²) in [5.74, 6) is 0.0725. The summed E-state index contributed by atoms with van der Waals surface area (Å²) in [6.07, 6.45) is 3.20. The average molecular weight is 409 g/mol. The molecule has 1 amide bonds. The lowest BCUT2D eigenvalue weighted by atomic mass is 10.1. The second-order valence-corrected chi connectivity index (χ2v) is 6.93. The molecular weight excluding hydrogens is 390 g/mol. The summed E-state index contributed by atoms with van der Waals surface area (Å²) in [6.45, 7) is 2.64. The van der Waals surface area contributed by atoms with E-state index in [-0.39, 0.29) is 5.91 Å². The second kappa shape index (κ2) is 7.83. The summed E-state index contributed by atoms with van der Waals surface area (Å²) in [5, 5.41) is 16.5. The maximum atomic E-state index is 13.2. The minimum Gasteiger partial charge on any atom is -0.304 e. The van der Waals surface area contributed by atoms with Gasteiger partial charge in [-0.25, -0.2) is 9.67 Å². The second-order valence-electron chi connectivity index (χ2n) is 6.93. The predicted octanol–water partition coefficient (Wildman–Crippen LogP) is 3.95. The number of rotatable bonds is 5. The molecule has 8 heteroatoms.